The van der Waals surface area contributed by atoms with Crippen LogP contribution in [0.3, 0.4) is 0 Å². The van der Waals surface area contributed by atoms with Crippen LogP contribution in [0, 0.1) is 29.6 Å². The minimum atomic E-state index is 0.788. The van der Waals surface area contributed by atoms with Crippen LogP contribution in [-0.2, 0) is 0 Å². The molecule has 0 spiro atoms. The molecular weight excluding hydrogens is 220 g/mol. The maximum atomic E-state index is 3.82. The van der Waals surface area contributed by atoms with Crippen molar-refractivity contribution in [3.8, 4) is 0 Å². The third-order valence-corrected chi connectivity index (χ3v) is 6.08. The molecule has 1 saturated heterocycles. The number of hydrogen-bond acceptors (Lipinski definition) is 2. The van der Waals surface area contributed by atoms with E-state index in [1.165, 1.54) is 64.6 Å². The second-order valence-corrected chi connectivity index (χ2v) is 7.37. The molecule has 3 aliphatic carbocycles. The van der Waals surface area contributed by atoms with Crippen molar-refractivity contribution in [1.29, 1.82) is 0 Å². The topological polar surface area (TPSA) is 24.1 Å². The molecule has 3 saturated carbocycles. The molecule has 2 heteroatoms. The highest BCUT2D eigenvalue weighted by atomic mass is 15.0. The fourth-order valence-corrected chi connectivity index (χ4v) is 4.70. The summed E-state index contributed by atoms with van der Waals surface area (Å²) in [6.45, 7) is 3.84. The quantitative estimate of drug-likeness (QED) is 0.754. The van der Waals surface area contributed by atoms with Crippen LogP contribution < -0.4 is 10.6 Å². The standard InChI is InChI=1S/C16H28N2/c1-2-13-8-18-16(14(13)3-1)10-17-9-15(11-4-5-11)12-6-7-12/h11-18H,1-10H2. The molecule has 18 heavy (non-hydrogen) atoms. The monoisotopic (exact) mass is 248 g/mol. The Morgan fingerprint density at radius 2 is 1.78 bits per heavy atom. The fraction of sp³-hybridized carbons (Fsp3) is 1.00. The maximum Gasteiger partial charge on any atom is 0.0223 e. The molecule has 3 unspecified atom stereocenters. The smallest absolute Gasteiger partial charge is 0.0223 e. The predicted octanol–water partition coefficient (Wildman–Crippen LogP) is 2.40. The molecule has 0 aromatic carbocycles. The Labute approximate surface area is 111 Å². The van der Waals surface area contributed by atoms with Gasteiger partial charge >= 0.3 is 0 Å². The highest BCUT2D eigenvalue weighted by Gasteiger charge is 2.42. The Hall–Kier alpha value is -0.0800. The molecule has 0 amide bonds. The third kappa shape index (κ3) is 2.34. The molecule has 1 aliphatic heterocycles. The summed E-state index contributed by atoms with van der Waals surface area (Å²) in [5.74, 6) is 5.24. The molecule has 3 atom stereocenters. The van der Waals surface area contributed by atoms with E-state index in [0.717, 1.165) is 35.6 Å². The Bertz CT molecular complexity index is 283. The zero-order valence-corrected chi connectivity index (χ0v) is 11.5. The van der Waals surface area contributed by atoms with E-state index in [2.05, 4.69) is 10.6 Å². The summed E-state index contributed by atoms with van der Waals surface area (Å²) in [6, 6.07) is 0.788. The highest BCUT2D eigenvalue weighted by molar-refractivity contribution is 4.96. The lowest BCUT2D eigenvalue weighted by atomic mass is 9.93. The van der Waals surface area contributed by atoms with Crippen LogP contribution in [-0.4, -0.2) is 25.7 Å². The Balaban J connectivity index is 1.23. The van der Waals surface area contributed by atoms with E-state index < -0.39 is 0 Å². The SMILES string of the molecule is C1CC2CNC(CNCC(C3CC3)C3CC3)C2C1. The summed E-state index contributed by atoms with van der Waals surface area (Å²) in [6.07, 6.45) is 10.6. The van der Waals surface area contributed by atoms with E-state index in [1.807, 2.05) is 0 Å². The van der Waals surface area contributed by atoms with Crippen LogP contribution in [0.4, 0.5) is 0 Å². The molecule has 4 fully saturated rings. The van der Waals surface area contributed by atoms with E-state index in [0.29, 0.717) is 0 Å². The Kier molecular flexibility index (Phi) is 3.12. The van der Waals surface area contributed by atoms with Crippen molar-refractivity contribution in [2.24, 2.45) is 29.6 Å². The van der Waals surface area contributed by atoms with E-state index in [4.69, 9.17) is 0 Å². The molecular formula is C16H28N2. The summed E-state index contributed by atoms with van der Waals surface area (Å²) in [5.41, 5.74) is 0. The zero-order valence-electron chi connectivity index (χ0n) is 11.5. The fourth-order valence-electron chi connectivity index (χ4n) is 4.70. The van der Waals surface area contributed by atoms with E-state index in [9.17, 15) is 0 Å². The summed E-state index contributed by atoms with van der Waals surface area (Å²) < 4.78 is 0. The van der Waals surface area contributed by atoms with Crippen molar-refractivity contribution in [1.82, 2.24) is 10.6 Å². The van der Waals surface area contributed by atoms with Crippen LogP contribution in [0.5, 0.6) is 0 Å². The minimum absolute atomic E-state index is 0.788. The second-order valence-electron chi connectivity index (χ2n) is 7.37. The molecule has 0 bridgehead atoms. The molecule has 102 valence electrons. The van der Waals surface area contributed by atoms with Gasteiger partial charge in [0.05, 0.1) is 0 Å². The molecule has 1 heterocycles. The van der Waals surface area contributed by atoms with Gasteiger partial charge in [-0.1, -0.05) is 6.42 Å². The largest absolute Gasteiger partial charge is 0.315 e. The van der Waals surface area contributed by atoms with Gasteiger partial charge in [-0.2, -0.15) is 0 Å². The van der Waals surface area contributed by atoms with Gasteiger partial charge in [-0.25, -0.2) is 0 Å². The van der Waals surface area contributed by atoms with Crippen LogP contribution in [0.2, 0.25) is 0 Å². The average molecular weight is 248 g/mol. The van der Waals surface area contributed by atoms with Crippen molar-refractivity contribution in [2.75, 3.05) is 19.6 Å². The zero-order chi connectivity index (χ0) is 11.9. The van der Waals surface area contributed by atoms with Crippen LogP contribution >= 0.6 is 0 Å². The van der Waals surface area contributed by atoms with Gasteiger partial charge in [0.2, 0.25) is 0 Å². The third-order valence-electron chi connectivity index (χ3n) is 6.08. The second kappa shape index (κ2) is 4.79. The lowest BCUT2D eigenvalue weighted by Crippen LogP contribution is -2.40. The van der Waals surface area contributed by atoms with E-state index in [-0.39, 0.29) is 0 Å². The summed E-state index contributed by atoms with van der Waals surface area (Å²) in [7, 11) is 0. The molecule has 0 aromatic heterocycles. The molecule has 0 radical (unpaired) electrons. The highest BCUT2D eigenvalue weighted by Crippen LogP contribution is 2.48. The van der Waals surface area contributed by atoms with Gasteiger partial charge in [-0.3, -0.25) is 0 Å². The van der Waals surface area contributed by atoms with Gasteiger partial charge in [0.25, 0.3) is 0 Å². The average Bonchev–Trinajstić information content (AvgIpc) is 3.28. The first-order chi connectivity index (χ1) is 8.92. The Morgan fingerprint density at radius 1 is 1.00 bits per heavy atom. The number of nitrogens with one attached hydrogen (secondary N) is 2. The summed E-state index contributed by atoms with van der Waals surface area (Å²) >= 11 is 0. The van der Waals surface area contributed by atoms with Gasteiger partial charge in [0, 0.05) is 12.6 Å². The maximum absolute atomic E-state index is 3.82. The molecule has 4 rings (SSSR count). The van der Waals surface area contributed by atoms with Gasteiger partial charge in [0.15, 0.2) is 0 Å². The first-order valence-electron chi connectivity index (χ1n) is 8.36. The van der Waals surface area contributed by atoms with Crippen molar-refractivity contribution in [3.05, 3.63) is 0 Å². The van der Waals surface area contributed by atoms with Crippen LogP contribution in [0.15, 0.2) is 0 Å². The number of rotatable bonds is 6. The van der Waals surface area contributed by atoms with Gasteiger partial charge in [0.1, 0.15) is 0 Å². The van der Waals surface area contributed by atoms with Gasteiger partial charge in [-0.05, 0) is 81.2 Å². The van der Waals surface area contributed by atoms with E-state index >= 15 is 0 Å². The van der Waals surface area contributed by atoms with Crippen LogP contribution in [0.1, 0.15) is 44.9 Å². The van der Waals surface area contributed by atoms with Crippen molar-refractivity contribution < 1.29 is 0 Å². The van der Waals surface area contributed by atoms with Crippen molar-refractivity contribution in [2.45, 2.75) is 51.0 Å². The predicted molar refractivity (Wildman–Crippen MR) is 74.4 cm³/mol. The molecule has 0 aromatic rings. The number of fused-ring (bicyclic) bond motifs is 1. The van der Waals surface area contributed by atoms with Crippen LogP contribution in [0.25, 0.3) is 0 Å². The van der Waals surface area contributed by atoms with Crippen molar-refractivity contribution >= 4 is 0 Å². The van der Waals surface area contributed by atoms with Crippen molar-refractivity contribution in [3.63, 3.8) is 0 Å². The lowest BCUT2D eigenvalue weighted by molar-refractivity contribution is 0.345. The summed E-state index contributed by atoms with van der Waals surface area (Å²) in [4.78, 5) is 0. The number of hydrogen-bond donors (Lipinski definition) is 2. The first-order valence-corrected chi connectivity index (χ1v) is 8.36. The van der Waals surface area contributed by atoms with E-state index in [1.54, 1.807) is 0 Å². The van der Waals surface area contributed by atoms with Gasteiger partial charge in [-0.15, -0.1) is 0 Å². The molecule has 2 N–H and O–H groups in total. The molecule has 4 aliphatic rings. The Morgan fingerprint density at radius 3 is 2.50 bits per heavy atom. The lowest BCUT2D eigenvalue weighted by Gasteiger charge is -2.21. The molecule has 2 nitrogen and oxygen atoms in total. The minimum Gasteiger partial charge on any atom is -0.315 e. The van der Waals surface area contributed by atoms with Gasteiger partial charge < -0.3 is 10.6 Å². The first kappa shape index (κ1) is 11.7. The normalized spacial score (nSPS) is 39.5. The summed E-state index contributed by atoms with van der Waals surface area (Å²) in [5, 5.41) is 7.58.